The summed E-state index contributed by atoms with van der Waals surface area (Å²) < 4.78 is 10.8. The number of unbranched alkanes of at least 4 members (excludes halogenated alkanes) is 1. The third kappa shape index (κ3) is 9.51. The van der Waals surface area contributed by atoms with Crippen LogP contribution in [0.5, 0.6) is 11.5 Å². The Labute approximate surface area is 187 Å². The molecule has 2 aromatic rings. The van der Waals surface area contributed by atoms with Crippen molar-refractivity contribution in [1.82, 2.24) is 10.6 Å². The van der Waals surface area contributed by atoms with Crippen molar-refractivity contribution < 1.29 is 29.0 Å². The number of aliphatic carboxylic acids is 1. The first-order valence-electron chi connectivity index (χ1n) is 10.5. The predicted molar refractivity (Wildman–Crippen MR) is 120 cm³/mol. The lowest BCUT2D eigenvalue weighted by Gasteiger charge is -2.15. The van der Waals surface area contributed by atoms with E-state index >= 15 is 0 Å². The first-order chi connectivity index (χ1) is 15.3. The highest BCUT2D eigenvalue weighted by molar-refractivity contribution is 5.84. The third-order valence-corrected chi connectivity index (χ3v) is 4.59. The lowest BCUT2D eigenvalue weighted by molar-refractivity contribution is -0.142. The van der Waals surface area contributed by atoms with E-state index in [4.69, 9.17) is 9.47 Å². The molecule has 0 aliphatic rings. The Kier molecular flexibility index (Phi) is 10.0. The van der Waals surface area contributed by atoms with Crippen LogP contribution in [-0.2, 0) is 14.4 Å². The van der Waals surface area contributed by atoms with Crippen LogP contribution in [0, 0.1) is 13.8 Å². The van der Waals surface area contributed by atoms with E-state index in [0.717, 1.165) is 11.1 Å². The zero-order valence-electron chi connectivity index (χ0n) is 18.4. The molecule has 0 aliphatic heterocycles. The van der Waals surface area contributed by atoms with Crippen molar-refractivity contribution in [3.05, 3.63) is 59.7 Å². The molecule has 2 aromatic carbocycles. The van der Waals surface area contributed by atoms with Crippen molar-refractivity contribution in [2.75, 3.05) is 19.8 Å². The Morgan fingerprint density at radius 1 is 0.875 bits per heavy atom. The second-order valence-electron chi connectivity index (χ2n) is 7.51. The second kappa shape index (κ2) is 13.0. The summed E-state index contributed by atoms with van der Waals surface area (Å²) in [5.74, 6) is -0.673. The summed E-state index contributed by atoms with van der Waals surface area (Å²) in [7, 11) is 0. The molecule has 0 heterocycles. The van der Waals surface area contributed by atoms with Gasteiger partial charge in [-0.05, 0) is 68.5 Å². The lowest BCUT2D eigenvalue weighted by atomic mass is 10.1. The number of aryl methyl sites for hydroxylation is 2. The molecular weight excluding hydrogens is 412 g/mol. The number of carbonyl (C=O) groups is 3. The summed E-state index contributed by atoms with van der Waals surface area (Å²) >= 11 is 0. The second-order valence-corrected chi connectivity index (χ2v) is 7.51. The van der Waals surface area contributed by atoms with Gasteiger partial charge in [0.15, 0.2) is 13.2 Å². The molecule has 172 valence electrons. The van der Waals surface area contributed by atoms with E-state index in [-0.39, 0.29) is 25.5 Å². The maximum absolute atomic E-state index is 12.0. The van der Waals surface area contributed by atoms with Gasteiger partial charge in [-0.2, -0.15) is 0 Å². The van der Waals surface area contributed by atoms with Gasteiger partial charge in [-0.25, -0.2) is 4.79 Å². The van der Waals surface area contributed by atoms with E-state index in [0.29, 0.717) is 30.9 Å². The number of nitrogens with one attached hydrogen (secondary N) is 2. The zero-order chi connectivity index (χ0) is 23.3. The molecule has 0 radical (unpaired) electrons. The molecule has 3 N–H and O–H groups in total. The Bertz CT molecular complexity index is 915. The van der Waals surface area contributed by atoms with E-state index < -0.39 is 17.9 Å². The van der Waals surface area contributed by atoms with Crippen LogP contribution < -0.4 is 20.1 Å². The fourth-order valence-electron chi connectivity index (χ4n) is 2.95. The SMILES string of the molecule is Cc1cccc(OCC(=O)NCCCCC(NC(=O)COc2cccc(C)c2)C(=O)O)c1. The van der Waals surface area contributed by atoms with Crippen LogP contribution in [0.4, 0.5) is 0 Å². The van der Waals surface area contributed by atoms with Crippen LogP contribution in [0.25, 0.3) is 0 Å². The number of hydrogen-bond acceptors (Lipinski definition) is 5. The fourth-order valence-corrected chi connectivity index (χ4v) is 2.95. The normalized spacial score (nSPS) is 11.3. The van der Waals surface area contributed by atoms with Gasteiger partial charge in [0.05, 0.1) is 0 Å². The van der Waals surface area contributed by atoms with E-state index in [1.54, 1.807) is 18.2 Å². The van der Waals surface area contributed by atoms with Crippen molar-refractivity contribution in [3.8, 4) is 11.5 Å². The van der Waals surface area contributed by atoms with Crippen LogP contribution in [0.15, 0.2) is 48.5 Å². The maximum Gasteiger partial charge on any atom is 0.326 e. The van der Waals surface area contributed by atoms with E-state index in [1.807, 2.05) is 44.2 Å². The van der Waals surface area contributed by atoms with Gasteiger partial charge in [-0.15, -0.1) is 0 Å². The summed E-state index contributed by atoms with van der Waals surface area (Å²) in [6.45, 7) is 3.90. The summed E-state index contributed by atoms with van der Waals surface area (Å²) in [4.78, 5) is 35.3. The lowest BCUT2D eigenvalue weighted by Crippen LogP contribution is -2.43. The van der Waals surface area contributed by atoms with Gasteiger partial charge in [-0.1, -0.05) is 24.3 Å². The first-order valence-corrected chi connectivity index (χ1v) is 10.5. The number of ether oxygens (including phenoxy) is 2. The highest BCUT2D eigenvalue weighted by Crippen LogP contribution is 2.13. The topological polar surface area (TPSA) is 114 Å². The highest BCUT2D eigenvalue weighted by Gasteiger charge is 2.19. The molecule has 0 bridgehead atoms. The van der Waals surface area contributed by atoms with Gasteiger partial charge in [0.1, 0.15) is 17.5 Å². The number of amides is 2. The minimum Gasteiger partial charge on any atom is -0.484 e. The molecule has 0 fully saturated rings. The Hall–Kier alpha value is -3.55. The van der Waals surface area contributed by atoms with Crippen molar-refractivity contribution in [2.45, 2.75) is 39.2 Å². The van der Waals surface area contributed by atoms with Crippen molar-refractivity contribution in [1.29, 1.82) is 0 Å². The standard InChI is InChI=1S/C24H30N2O6/c1-17-7-5-9-19(13-17)31-15-22(27)25-12-4-3-11-21(24(29)30)26-23(28)16-32-20-10-6-8-18(2)14-20/h5-10,13-14,21H,3-4,11-12,15-16H2,1-2H3,(H,25,27)(H,26,28)(H,29,30). The molecule has 8 heteroatoms. The highest BCUT2D eigenvalue weighted by atomic mass is 16.5. The number of hydrogen-bond donors (Lipinski definition) is 3. The van der Waals surface area contributed by atoms with Crippen LogP contribution >= 0.6 is 0 Å². The average Bonchev–Trinajstić information content (AvgIpc) is 2.75. The molecule has 0 spiro atoms. The van der Waals surface area contributed by atoms with E-state index in [2.05, 4.69) is 10.6 Å². The van der Waals surface area contributed by atoms with Gasteiger partial charge in [-0.3, -0.25) is 9.59 Å². The quantitative estimate of drug-likeness (QED) is 0.411. The smallest absolute Gasteiger partial charge is 0.326 e. The number of benzene rings is 2. The van der Waals surface area contributed by atoms with Crippen LogP contribution in [0.2, 0.25) is 0 Å². The average molecular weight is 443 g/mol. The van der Waals surface area contributed by atoms with Crippen LogP contribution in [-0.4, -0.2) is 48.7 Å². The summed E-state index contributed by atoms with van der Waals surface area (Å²) in [5, 5.41) is 14.6. The van der Waals surface area contributed by atoms with Crippen molar-refractivity contribution in [2.24, 2.45) is 0 Å². The zero-order valence-corrected chi connectivity index (χ0v) is 18.4. The Balaban J connectivity index is 1.62. The molecular formula is C24H30N2O6. The first kappa shape index (κ1) is 24.7. The number of carboxylic acid groups (broad SMARTS) is 1. The molecule has 0 aliphatic carbocycles. The minimum atomic E-state index is -1.11. The van der Waals surface area contributed by atoms with Gasteiger partial charge in [0.25, 0.3) is 11.8 Å². The molecule has 8 nitrogen and oxygen atoms in total. The Morgan fingerprint density at radius 2 is 1.44 bits per heavy atom. The molecule has 32 heavy (non-hydrogen) atoms. The predicted octanol–water partition coefficient (Wildman–Crippen LogP) is 2.62. The van der Waals surface area contributed by atoms with Crippen LogP contribution in [0.3, 0.4) is 0 Å². The molecule has 2 rings (SSSR count). The van der Waals surface area contributed by atoms with Gasteiger partial charge < -0.3 is 25.2 Å². The largest absolute Gasteiger partial charge is 0.484 e. The number of carbonyl (C=O) groups excluding carboxylic acids is 2. The molecule has 1 atom stereocenters. The van der Waals surface area contributed by atoms with Gasteiger partial charge >= 0.3 is 5.97 Å². The maximum atomic E-state index is 12.0. The molecule has 1 unspecified atom stereocenters. The van der Waals surface area contributed by atoms with Crippen LogP contribution in [0.1, 0.15) is 30.4 Å². The molecule has 2 amide bonds. The minimum absolute atomic E-state index is 0.0851. The molecule has 0 saturated carbocycles. The van der Waals surface area contributed by atoms with Crippen molar-refractivity contribution in [3.63, 3.8) is 0 Å². The van der Waals surface area contributed by atoms with Gasteiger partial charge in [0, 0.05) is 6.54 Å². The molecule has 0 saturated heterocycles. The van der Waals surface area contributed by atoms with Crippen molar-refractivity contribution >= 4 is 17.8 Å². The van der Waals surface area contributed by atoms with E-state index in [1.165, 1.54) is 0 Å². The number of rotatable bonds is 13. The monoisotopic (exact) mass is 442 g/mol. The summed E-state index contributed by atoms with van der Waals surface area (Å²) in [6.07, 6.45) is 1.35. The number of carboxylic acids is 1. The summed E-state index contributed by atoms with van der Waals surface area (Å²) in [5.41, 5.74) is 2.05. The molecule has 0 aromatic heterocycles. The Morgan fingerprint density at radius 3 is 1.97 bits per heavy atom. The van der Waals surface area contributed by atoms with Gasteiger partial charge in [0.2, 0.25) is 0 Å². The summed E-state index contributed by atoms with van der Waals surface area (Å²) in [6, 6.07) is 13.7. The fraction of sp³-hybridized carbons (Fsp3) is 0.375. The third-order valence-electron chi connectivity index (χ3n) is 4.59. The van der Waals surface area contributed by atoms with E-state index in [9.17, 15) is 19.5 Å².